The largest absolute Gasteiger partial charge is 0.376 e. The lowest BCUT2D eigenvalue weighted by atomic mass is 10.4. The molecule has 0 radical (unpaired) electrons. The highest BCUT2D eigenvalue weighted by Crippen LogP contribution is 2.00. The Balaban J connectivity index is 1.90. The summed E-state index contributed by atoms with van der Waals surface area (Å²) in [4.78, 5) is 0. The van der Waals surface area contributed by atoms with E-state index in [2.05, 4.69) is 15.8 Å². The van der Waals surface area contributed by atoms with Gasteiger partial charge in [0.25, 0.3) is 0 Å². The Morgan fingerprint density at radius 3 is 3.25 bits per heavy atom. The minimum absolute atomic E-state index is 0.139. The van der Waals surface area contributed by atoms with Crippen LogP contribution in [0.3, 0.4) is 0 Å². The fraction of sp³-hybridized carbons (Fsp3) is 0.571. The second-order valence-electron chi connectivity index (χ2n) is 2.64. The summed E-state index contributed by atoms with van der Waals surface area (Å²) in [6.07, 6.45) is 5.57. The van der Waals surface area contributed by atoms with Gasteiger partial charge >= 0.3 is 0 Å². The van der Waals surface area contributed by atoms with Gasteiger partial charge in [0.2, 0.25) is 0 Å². The summed E-state index contributed by atoms with van der Waals surface area (Å²) in [7, 11) is 0. The summed E-state index contributed by atoms with van der Waals surface area (Å²) < 4.78 is 5.29. The van der Waals surface area contributed by atoms with Gasteiger partial charge in [-0.1, -0.05) is 0 Å². The number of allylic oxidation sites excluding steroid dienone is 1. The molecule has 1 fully saturated rings. The van der Waals surface area contributed by atoms with E-state index in [1.807, 2.05) is 12.3 Å². The lowest BCUT2D eigenvalue weighted by molar-refractivity contribution is -0.00539. The van der Waals surface area contributed by atoms with Crippen LogP contribution < -0.4 is 10.7 Å². The molecular weight excluding hydrogens is 156 g/mol. The summed E-state index contributed by atoms with van der Waals surface area (Å²) in [6.45, 7) is 2.32. The molecule has 0 spiro atoms. The molecule has 0 aromatic heterocycles. The number of morpholine rings is 1. The van der Waals surface area contributed by atoms with E-state index in [9.17, 15) is 0 Å². The first kappa shape index (κ1) is 7.57. The van der Waals surface area contributed by atoms with E-state index in [0.29, 0.717) is 6.61 Å². The molecule has 0 aliphatic carbocycles. The number of hydrazone groups is 1. The third-order valence-electron chi connectivity index (χ3n) is 1.78. The summed E-state index contributed by atoms with van der Waals surface area (Å²) >= 11 is 0. The topological polar surface area (TPSA) is 48.9 Å². The summed E-state index contributed by atoms with van der Waals surface area (Å²) in [5.41, 5.74) is 3.00. The van der Waals surface area contributed by atoms with Gasteiger partial charge in [0, 0.05) is 12.7 Å². The SMILES string of the molecule is C1=CNN(C2COCCN2)N=C1. The molecule has 0 saturated carbocycles. The Bertz CT molecular complexity index is 198. The Morgan fingerprint density at radius 1 is 1.58 bits per heavy atom. The highest BCUT2D eigenvalue weighted by Gasteiger charge is 2.19. The van der Waals surface area contributed by atoms with Gasteiger partial charge in [0.1, 0.15) is 6.17 Å². The standard InChI is InChI=1S/C7H12N4O/c1-2-9-11(10-3-1)7-6-12-5-4-8-7/h1-3,7-9H,4-6H2. The summed E-state index contributed by atoms with van der Waals surface area (Å²) in [5.74, 6) is 0. The maximum atomic E-state index is 5.29. The maximum absolute atomic E-state index is 5.29. The minimum atomic E-state index is 0.139. The van der Waals surface area contributed by atoms with Crippen molar-refractivity contribution >= 4 is 6.21 Å². The van der Waals surface area contributed by atoms with E-state index in [1.165, 1.54) is 0 Å². The molecular formula is C7H12N4O. The smallest absolute Gasteiger partial charge is 0.143 e. The van der Waals surface area contributed by atoms with Crippen molar-refractivity contribution in [2.45, 2.75) is 6.17 Å². The summed E-state index contributed by atoms with van der Waals surface area (Å²) in [5, 5.41) is 9.15. The molecule has 2 heterocycles. The molecule has 1 saturated heterocycles. The van der Waals surface area contributed by atoms with Crippen LogP contribution >= 0.6 is 0 Å². The number of hydrazine groups is 1. The average Bonchev–Trinajstić information content (AvgIpc) is 2.21. The van der Waals surface area contributed by atoms with Crippen molar-refractivity contribution in [3.8, 4) is 0 Å². The van der Waals surface area contributed by atoms with Crippen molar-refractivity contribution in [2.24, 2.45) is 5.10 Å². The quantitative estimate of drug-likeness (QED) is 0.541. The molecule has 12 heavy (non-hydrogen) atoms. The van der Waals surface area contributed by atoms with E-state index in [1.54, 1.807) is 11.3 Å². The molecule has 1 atom stereocenters. The van der Waals surface area contributed by atoms with E-state index < -0.39 is 0 Å². The van der Waals surface area contributed by atoms with Gasteiger partial charge in [-0.25, -0.2) is 0 Å². The van der Waals surface area contributed by atoms with E-state index in [0.717, 1.165) is 13.2 Å². The zero-order valence-electron chi connectivity index (χ0n) is 6.73. The Kier molecular flexibility index (Phi) is 2.24. The van der Waals surface area contributed by atoms with Gasteiger partial charge in [-0.2, -0.15) is 10.2 Å². The van der Waals surface area contributed by atoms with Crippen LogP contribution in [-0.4, -0.2) is 37.3 Å². The highest BCUT2D eigenvalue weighted by atomic mass is 16.5. The van der Waals surface area contributed by atoms with Crippen molar-refractivity contribution in [3.05, 3.63) is 12.3 Å². The zero-order valence-corrected chi connectivity index (χ0v) is 6.73. The van der Waals surface area contributed by atoms with Crippen LogP contribution in [-0.2, 0) is 4.74 Å². The van der Waals surface area contributed by atoms with E-state index >= 15 is 0 Å². The van der Waals surface area contributed by atoms with Gasteiger partial charge < -0.3 is 4.74 Å². The number of hydrogen-bond acceptors (Lipinski definition) is 5. The zero-order chi connectivity index (χ0) is 8.23. The van der Waals surface area contributed by atoms with Crippen LogP contribution in [0.1, 0.15) is 0 Å². The van der Waals surface area contributed by atoms with Gasteiger partial charge in [0.05, 0.1) is 19.4 Å². The van der Waals surface area contributed by atoms with Crippen LogP contribution in [0.15, 0.2) is 17.4 Å². The fourth-order valence-electron chi connectivity index (χ4n) is 1.19. The second-order valence-corrected chi connectivity index (χ2v) is 2.64. The maximum Gasteiger partial charge on any atom is 0.143 e. The lowest BCUT2D eigenvalue weighted by Crippen LogP contribution is -2.54. The van der Waals surface area contributed by atoms with Gasteiger partial charge in [-0.3, -0.25) is 10.7 Å². The van der Waals surface area contributed by atoms with Crippen LogP contribution in [0.5, 0.6) is 0 Å². The first-order valence-electron chi connectivity index (χ1n) is 4.02. The summed E-state index contributed by atoms with van der Waals surface area (Å²) in [6, 6.07) is 0. The first-order chi connectivity index (χ1) is 5.97. The van der Waals surface area contributed by atoms with Crippen LogP contribution in [0, 0.1) is 0 Å². The van der Waals surface area contributed by atoms with Gasteiger partial charge in [-0.05, 0) is 6.08 Å². The molecule has 2 N–H and O–H groups in total. The molecule has 5 nitrogen and oxygen atoms in total. The van der Waals surface area contributed by atoms with E-state index in [4.69, 9.17) is 4.74 Å². The molecule has 2 aliphatic heterocycles. The molecule has 0 amide bonds. The fourth-order valence-corrected chi connectivity index (χ4v) is 1.19. The van der Waals surface area contributed by atoms with Gasteiger partial charge in [-0.15, -0.1) is 0 Å². The Morgan fingerprint density at radius 2 is 2.58 bits per heavy atom. The monoisotopic (exact) mass is 168 g/mol. The number of nitrogens with one attached hydrogen (secondary N) is 2. The van der Waals surface area contributed by atoms with Crippen LogP contribution in [0.2, 0.25) is 0 Å². The molecule has 0 bridgehead atoms. The molecule has 2 rings (SSSR count). The van der Waals surface area contributed by atoms with Crippen molar-refractivity contribution in [2.75, 3.05) is 19.8 Å². The van der Waals surface area contributed by atoms with E-state index in [-0.39, 0.29) is 6.17 Å². The second kappa shape index (κ2) is 3.55. The predicted octanol–water partition coefficient (Wildman–Crippen LogP) is -0.748. The third-order valence-corrected chi connectivity index (χ3v) is 1.78. The van der Waals surface area contributed by atoms with Crippen molar-refractivity contribution in [3.63, 3.8) is 0 Å². The Hall–Kier alpha value is -1.07. The molecule has 1 unspecified atom stereocenters. The van der Waals surface area contributed by atoms with Crippen molar-refractivity contribution in [1.29, 1.82) is 0 Å². The number of nitrogens with zero attached hydrogens (tertiary/aromatic N) is 2. The number of ether oxygens (including phenoxy) is 1. The minimum Gasteiger partial charge on any atom is -0.376 e. The third kappa shape index (κ3) is 1.57. The molecule has 5 heteroatoms. The van der Waals surface area contributed by atoms with Crippen molar-refractivity contribution < 1.29 is 4.74 Å². The predicted molar refractivity (Wildman–Crippen MR) is 45.2 cm³/mol. The van der Waals surface area contributed by atoms with Gasteiger partial charge in [0.15, 0.2) is 0 Å². The molecule has 2 aliphatic rings. The highest BCUT2D eigenvalue weighted by molar-refractivity contribution is 5.71. The van der Waals surface area contributed by atoms with Crippen LogP contribution in [0.4, 0.5) is 0 Å². The molecule has 0 aromatic rings. The molecule has 0 aromatic carbocycles. The number of rotatable bonds is 1. The Labute approximate surface area is 71.0 Å². The van der Waals surface area contributed by atoms with Crippen molar-refractivity contribution in [1.82, 2.24) is 15.9 Å². The lowest BCUT2D eigenvalue weighted by Gasteiger charge is -2.32. The number of hydrogen-bond donors (Lipinski definition) is 2. The average molecular weight is 168 g/mol. The van der Waals surface area contributed by atoms with Crippen LogP contribution in [0.25, 0.3) is 0 Å². The normalized spacial score (nSPS) is 28.7. The molecule has 66 valence electrons. The first-order valence-corrected chi connectivity index (χ1v) is 4.02.